The van der Waals surface area contributed by atoms with Crippen LogP contribution >= 0.6 is 23.2 Å². The highest BCUT2D eigenvalue weighted by Crippen LogP contribution is 2.37. The zero-order valence-electron chi connectivity index (χ0n) is 15.5. The number of halogens is 2. The Kier molecular flexibility index (Phi) is 5.04. The number of hydrogen-bond acceptors (Lipinski definition) is 4. The first-order valence-corrected chi connectivity index (χ1v) is 9.70. The molecule has 0 saturated carbocycles. The summed E-state index contributed by atoms with van der Waals surface area (Å²) in [5, 5.41) is 0.739. The number of methoxy groups -OCH3 is 1. The Morgan fingerprint density at radius 3 is 2.86 bits per heavy atom. The maximum atomic E-state index is 12.9. The van der Waals surface area contributed by atoms with Crippen LogP contribution in [0, 0.1) is 0 Å². The van der Waals surface area contributed by atoms with Crippen LogP contribution in [0.25, 0.3) is 17.3 Å². The quantitative estimate of drug-likeness (QED) is 0.606. The summed E-state index contributed by atoms with van der Waals surface area (Å²) in [6.45, 7) is 2.45. The Bertz CT molecular complexity index is 1170. The number of fused-ring (bicyclic) bond motifs is 2. The minimum Gasteiger partial charge on any atom is -0.493 e. The number of benzene rings is 1. The Balaban J connectivity index is 1.90. The van der Waals surface area contributed by atoms with Gasteiger partial charge in [0.2, 0.25) is 0 Å². The summed E-state index contributed by atoms with van der Waals surface area (Å²) in [4.78, 5) is 17.6. The molecule has 0 amide bonds. The SMILES string of the molecule is CCOc1c(C=C2CCc3c2nc2c(Cl)cc(Cl)cn2c3=O)cccc1OC. The van der Waals surface area contributed by atoms with Crippen molar-refractivity contribution in [1.82, 2.24) is 9.38 Å². The molecule has 7 heteroatoms. The largest absolute Gasteiger partial charge is 0.493 e. The summed E-state index contributed by atoms with van der Waals surface area (Å²) in [6, 6.07) is 7.31. The van der Waals surface area contributed by atoms with E-state index in [0.29, 0.717) is 57.9 Å². The topological polar surface area (TPSA) is 52.8 Å². The van der Waals surface area contributed by atoms with Crippen molar-refractivity contribution < 1.29 is 9.47 Å². The summed E-state index contributed by atoms with van der Waals surface area (Å²) in [5.74, 6) is 1.34. The third-order valence-electron chi connectivity index (χ3n) is 4.74. The lowest BCUT2D eigenvalue weighted by Gasteiger charge is -2.13. The van der Waals surface area contributed by atoms with Gasteiger partial charge in [-0.1, -0.05) is 35.3 Å². The second-order valence-electron chi connectivity index (χ2n) is 6.43. The van der Waals surface area contributed by atoms with Crippen molar-refractivity contribution in [3.05, 3.63) is 67.7 Å². The molecule has 1 aromatic carbocycles. The highest BCUT2D eigenvalue weighted by molar-refractivity contribution is 6.36. The number of hydrogen-bond donors (Lipinski definition) is 0. The van der Waals surface area contributed by atoms with E-state index in [1.54, 1.807) is 19.4 Å². The van der Waals surface area contributed by atoms with Gasteiger partial charge in [0.15, 0.2) is 17.1 Å². The Hall–Kier alpha value is -2.50. The van der Waals surface area contributed by atoms with Crippen LogP contribution < -0.4 is 15.0 Å². The van der Waals surface area contributed by atoms with Crippen LogP contribution in [-0.4, -0.2) is 23.1 Å². The second-order valence-corrected chi connectivity index (χ2v) is 7.27. The molecule has 0 atom stereocenters. The molecule has 28 heavy (non-hydrogen) atoms. The van der Waals surface area contributed by atoms with Gasteiger partial charge in [0, 0.05) is 17.3 Å². The number of pyridine rings is 1. The summed E-state index contributed by atoms with van der Waals surface area (Å²) < 4.78 is 12.6. The summed E-state index contributed by atoms with van der Waals surface area (Å²) >= 11 is 12.3. The lowest BCUT2D eigenvalue weighted by Crippen LogP contribution is -2.20. The number of ether oxygens (including phenoxy) is 2. The van der Waals surface area contributed by atoms with Gasteiger partial charge in [-0.3, -0.25) is 9.20 Å². The van der Waals surface area contributed by atoms with E-state index < -0.39 is 0 Å². The van der Waals surface area contributed by atoms with Crippen molar-refractivity contribution in [1.29, 1.82) is 0 Å². The first-order valence-electron chi connectivity index (χ1n) is 8.94. The summed E-state index contributed by atoms with van der Waals surface area (Å²) in [7, 11) is 1.61. The number of nitrogens with zero attached hydrogens (tertiary/aromatic N) is 2. The Morgan fingerprint density at radius 1 is 1.29 bits per heavy atom. The van der Waals surface area contributed by atoms with Gasteiger partial charge in [0.1, 0.15) is 0 Å². The average molecular weight is 417 g/mol. The molecule has 4 rings (SSSR count). The molecule has 2 aromatic heterocycles. The molecule has 0 N–H and O–H groups in total. The van der Waals surface area contributed by atoms with E-state index in [1.807, 2.05) is 31.2 Å². The third kappa shape index (κ3) is 3.15. The molecule has 2 heterocycles. The molecule has 0 spiro atoms. The van der Waals surface area contributed by atoms with Gasteiger partial charge in [0.25, 0.3) is 5.56 Å². The minimum atomic E-state index is -0.136. The Morgan fingerprint density at radius 2 is 2.11 bits per heavy atom. The van der Waals surface area contributed by atoms with E-state index in [-0.39, 0.29) is 5.56 Å². The van der Waals surface area contributed by atoms with E-state index in [4.69, 9.17) is 32.7 Å². The fourth-order valence-corrected chi connectivity index (χ4v) is 4.02. The monoisotopic (exact) mass is 416 g/mol. The van der Waals surface area contributed by atoms with Crippen molar-refractivity contribution in [2.45, 2.75) is 19.8 Å². The lowest BCUT2D eigenvalue weighted by atomic mass is 10.1. The number of rotatable bonds is 4. The van der Waals surface area contributed by atoms with Gasteiger partial charge in [-0.05, 0) is 43.5 Å². The van der Waals surface area contributed by atoms with Crippen molar-refractivity contribution in [3.8, 4) is 11.5 Å². The first kappa shape index (κ1) is 18.8. The molecule has 5 nitrogen and oxygen atoms in total. The van der Waals surface area contributed by atoms with E-state index in [0.717, 1.165) is 11.1 Å². The minimum absolute atomic E-state index is 0.136. The van der Waals surface area contributed by atoms with E-state index in [9.17, 15) is 4.79 Å². The van der Waals surface area contributed by atoms with Crippen LogP contribution in [-0.2, 0) is 6.42 Å². The molecular weight excluding hydrogens is 399 g/mol. The predicted octanol–water partition coefficient (Wildman–Crippen LogP) is 4.90. The van der Waals surface area contributed by atoms with Crippen molar-refractivity contribution in [2.75, 3.05) is 13.7 Å². The van der Waals surface area contributed by atoms with Gasteiger partial charge in [-0.15, -0.1) is 0 Å². The van der Waals surface area contributed by atoms with E-state index in [2.05, 4.69) is 4.98 Å². The summed E-state index contributed by atoms with van der Waals surface area (Å²) in [6.07, 6.45) is 4.89. The standard InChI is InChI=1S/C21H18Cl2N2O3/c1-3-28-19-13(5-4-6-17(19)27-2)9-12-7-8-15-18(12)24-20-16(23)10-14(22)11-25(20)21(15)26/h4-6,9-11H,3,7-8H2,1-2H3. The highest BCUT2D eigenvalue weighted by atomic mass is 35.5. The number of para-hydroxylation sites is 1. The number of allylic oxidation sites excluding steroid dienone is 1. The van der Waals surface area contributed by atoms with Crippen molar-refractivity contribution in [2.24, 2.45) is 0 Å². The van der Waals surface area contributed by atoms with Crippen LogP contribution in [0.1, 0.15) is 30.2 Å². The molecule has 0 aliphatic heterocycles. The van der Waals surface area contributed by atoms with Crippen LogP contribution in [0.15, 0.2) is 35.3 Å². The number of aromatic nitrogens is 2. The molecule has 3 aromatic rings. The lowest BCUT2D eigenvalue weighted by molar-refractivity contribution is 0.310. The molecule has 1 aliphatic rings. The van der Waals surface area contributed by atoms with Crippen LogP contribution in [0.4, 0.5) is 0 Å². The average Bonchev–Trinajstić information content (AvgIpc) is 3.07. The third-order valence-corrected chi connectivity index (χ3v) is 5.22. The van der Waals surface area contributed by atoms with Crippen molar-refractivity contribution >= 4 is 40.5 Å². The van der Waals surface area contributed by atoms with Crippen LogP contribution in [0.3, 0.4) is 0 Å². The molecule has 0 fully saturated rings. The first-order chi connectivity index (χ1) is 13.5. The molecule has 0 saturated heterocycles. The Labute approximate surface area is 172 Å². The molecule has 1 aliphatic carbocycles. The van der Waals surface area contributed by atoms with Gasteiger partial charge >= 0.3 is 0 Å². The fourth-order valence-electron chi connectivity index (χ4n) is 3.51. The van der Waals surface area contributed by atoms with Gasteiger partial charge in [-0.25, -0.2) is 4.98 Å². The van der Waals surface area contributed by atoms with Crippen LogP contribution in [0.2, 0.25) is 10.0 Å². The fraction of sp³-hybridized carbons (Fsp3) is 0.238. The van der Waals surface area contributed by atoms with E-state index >= 15 is 0 Å². The van der Waals surface area contributed by atoms with E-state index in [1.165, 1.54) is 4.40 Å². The normalized spacial score (nSPS) is 14.5. The molecule has 0 radical (unpaired) electrons. The predicted molar refractivity (Wildman–Crippen MR) is 112 cm³/mol. The van der Waals surface area contributed by atoms with Gasteiger partial charge in [-0.2, -0.15) is 0 Å². The molecule has 0 unspecified atom stereocenters. The molecular formula is C21H18Cl2N2O3. The molecule has 144 valence electrons. The highest BCUT2D eigenvalue weighted by Gasteiger charge is 2.24. The zero-order valence-corrected chi connectivity index (χ0v) is 17.0. The summed E-state index contributed by atoms with van der Waals surface area (Å²) in [5.41, 5.74) is 3.47. The smallest absolute Gasteiger partial charge is 0.261 e. The van der Waals surface area contributed by atoms with Crippen LogP contribution in [0.5, 0.6) is 11.5 Å². The zero-order chi connectivity index (χ0) is 19.8. The second kappa shape index (κ2) is 7.49. The van der Waals surface area contributed by atoms with Gasteiger partial charge < -0.3 is 9.47 Å². The van der Waals surface area contributed by atoms with Crippen molar-refractivity contribution in [3.63, 3.8) is 0 Å². The maximum absolute atomic E-state index is 12.9. The maximum Gasteiger partial charge on any atom is 0.261 e. The molecule has 0 bridgehead atoms. The van der Waals surface area contributed by atoms with Gasteiger partial charge in [0.05, 0.1) is 29.5 Å².